The lowest BCUT2D eigenvalue weighted by Gasteiger charge is -2.05. The van der Waals surface area contributed by atoms with Gasteiger partial charge in [-0.3, -0.25) is 9.59 Å². The summed E-state index contributed by atoms with van der Waals surface area (Å²) in [5, 5.41) is 2.70. The normalized spacial score (nSPS) is 10.4. The van der Waals surface area contributed by atoms with E-state index < -0.39 is 0 Å². The number of hydrogen-bond acceptors (Lipinski definition) is 3. The Balaban J connectivity index is 2.75. The van der Waals surface area contributed by atoms with Crippen molar-refractivity contribution in [2.75, 3.05) is 14.1 Å². The molecule has 0 heterocycles. The van der Waals surface area contributed by atoms with Crippen molar-refractivity contribution in [3.8, 4) is 0 Å². The van der Waals surface area contributed by atoms with Crippen LogP contribution in [0.25, 0.3) is 0 Å². The van der Waals surface area contributed by atoms with Crippen LogP contribution in [0.15, 0.2) is 36.5 Å². The monoisotopic (exact) mass is 246 g/mol. The van der Waals surface area contributed by atoms with Crippen LogP contribution >= 0.6 is 0 Å². The molecule has 1 aromatic carbocycles. The summed E-state index contributed by atoms with van der Waals surface area (Å²) < 4.78 is 0. The number of rotatable bonds is 5. The molecule has 0 atom stereocenters. The van der Waals surface area contributed by atoms with E-state index in [1.807, 2.05) is 26.2 Å². The zero-order valence-electron chi connectivity index (χ0n) is 10.9. The smallest absolute Gasteiger partial charge is 0.217 e. The fraction of sp³-hybridized carbons (Fsp3) is 0.286. The van der Waals surface area contributed by atoms with Gasteiger partial charge in [-0.1, -0.05) is 18.2 Å². The van der Waals surface area contributed by atoms with Crippen molar-refractivity contribution in [1.29, 1.82) is 0 Å². The van der Waals surface area contributed by atoms with Gasteiger partial charge in [-0.05, 0) is 11.6 Å². The number of nitrogens with one attached hydrogen (secondary N) is 1. The average Bonchev–Trinajstić information content (AvgIpc) is 2.33. The van der Waals surface area contributed by atoms with Crippen LogP contribution in [0.1, 0.15) is 22.8 Å². The number of nitrogens with zero attached hydrogens (tertiary/aromatic N) is 1. The summed E-state index contributed by atoms with van der Waals surface area (Å²) in [7, 11) is 3.72. The van der Waals surface area contributed by atoms with Crippen LogP contribution in [0.5, 0.6) is 0 Å². The number of hydrogen-bond donors (Lipinski definition) is 1. The number of carbonyl (C=O) groups is 2. The molecule has 0 radical (unpaired) electrons. The molecule has 1 rings (SSSR count). The van der Waals surface area contributed by atoms with E-state index in [4.69, 9.17) is 0 Å². The molecular weight excluding hydrogens is 228 g/mol. The molecule has 4 heteroatoms. The van der Waals surface area contributed by atoms with E-state index in [0.29, 0.717) is 12.1 Å². The van der Waals surface area contributed by atoms with Crippen LogP contribution < -0.4 is 5.32 Å². The van der Waals surface area contributed by atoms with Crippen molar-refractivity contribution < 1.29 is 9.59 Å². The highest BCUT2D eigenvalue weighted by molar-refractivity contribution is 6.04. The Bertz CT molecular complexity index is 465. The quantitative estimate of drug-likeness (QED) is 0.634. The number of benzene rings is 1. The molecule has 0 aliphatic rings. The molecule has 1 aromatic rings. The molecule has 1 N–H and O–H groups in total. The predicted octanol–water partition coefficient (Wildman–Crippen LogP) is 1.58. The molecule has 0 aliphatic heterocycles. The summed E-state index contributed by atoms with van der Waals surface area (Å²) in [5.74, 6) is -0.132. The summed E-state index contributed by atoms with van der Waals surface area (Å²) in [5.41, 5.74) is 1.53. The second-order valence-corrected chi connectivity index (χ2v) is 4.25. The largest absolute Gasteiger partial charge is 0.383 e. The van der Waals surface area contributed by atoms with E-state index in [-0.39, 0.29) is 11.7 Å². The lowest BCUT2D eigenvalue weighted by atomic mass is 10.1. The molecule has 0 fully saturated rings. The maximum atomic E-state index is 11.8. The van der Waals surface area contributed by atoms with E-state index in [2.05, 4.69) is 5.32 Å². The third-order valence-corrected chi connectivity index (χ3v) is 2.28. The Labute approximate surface area is 107 Å². The molecule has 0 saturated carbocycles. The van der Waals surface area contributed by atoms with Crippen LogP contribution in [0.3, 0.4) is 0 Å². The Kier molecular flexibility index (Phi) is 5.11. The Morgan fingerprint density at radius 1 is 1.33 bits per heavy atom. The highest BCUT2D eigenvalue weighted by atomic mass is 16.1. The van der Waals surface area contributed by atoms with Gasteiger partial charge in [-0.2, -0.15) is 0 Å². The number of carbonyl (C=O) groups excluding carboxylic acids is 2. The second-order valence-electron chi connectivity index (χ2n) is 4.25. The summed E-state index contributed by atoms with van der Waals surface area (Å²) in [6, 6.07) is 7.24. The Hall–Kier alpha value is -2.10. The zero-order chi connectivity index (χ0) is 13.5. The summed E-state index contributed by atoms with van der Waals surface area (Å²) >= 11 is 0. The third kappa shape index (κ3) is 4.82. The number of allylic oxidation sites excluding steroid dienone is 1. The molecule has 0 unspecified atom stereocenters. The van der Waals surface area contributed by atoms with Crippen LogP contribution in [0.4, 0.5) is 0 Å². The molecule has 1 amide bonds. The lowest BCUT2D eigenvalue weighted by molar-refractivity contribution is -0.119. The molecule has 4 nitrogen and oxygen atoms in total. The first-order valence-corrected chi connectivity index (χ1v) is 5.71. The van der Waals surface area contributed by atoms with Crippen LogP contribution in [0, 0.1) is 0 Å². The van der Waals surface area contributed by atoms with Crippen molar-refractivity contribution in [2.24, 2.45) is 0 Å². The van der Waals surface area contributed by atoms with Crippen molar-refractivity contribution in [2.45, 2.75) is 13.5 Å². The maximum Gasteiger partial charge on any atom is 0.217 e. The molecule has 96 valence electrons. The summed E-state index contributed by atoms with van der Waals surface area (Å²) in [4.78, 5) is 24.5. The zero-order valence-corrected chi connectivity index (χ0v) is 10.9. The van der Waals surface area contributed by atoms with Gasteiger partial charge in [0.15, 0.2) is 5.78 Å². The van der Waals surface area contributed by atoms with Gasteiger partial charge >= 0.3 is 0 Å². The van der Waals surface area contributed by atoms with Crippen LogP contribution in [-0.4, -0.2) is 30.7 Å². The first-order chi connectivity index (χ1) is 8.49. The molecule has 0 saturated heterocycles. The summed E-state index contributed by atoms with van der Waals surface area (Å²) in [6.45, 7) is 1.91. The van der Waals surface area contributed by atoms with Gasteiger partial charge in [-0.15, -0.1) is 0 Å². The van der Waals surface area contributed by atoms with E-state index in [1.165, 1.54) is 13.0 Å². The van der Waals surface area contributed by atoms with Gasteiger partial charge in [0, 0.05) is 45.4 Å². The van der Waals surface area contributed by atoms with Crippen molar-refractivity contribution in [1.82, 2.24) is 10.2 Å². The van der Waals surface area contributed by atoms with E-state index in [1.54, 1.807) is 23.2 Å². The highest BCUT2D eigenvalue weighted by Crippen LogP contribution is 2.07. The van der Waals surface area contributed by atoms with Crippen molar-refractivity contribution >= 4 is 11.7 Å². The SMILES string of the molecule is CC(=O)NCc1cccc(C(=O)C=CN(C)C)c1. The standard InChI is InChI=1S/C14H18N2O2/c1-11(17)15-10-12-5-4-6-13(9-12)14(18)7-8-16(2)3/h4-9H,10H2,1-3H3,(H,15,17). The first kappa shape index (κ1) is 14.0. The molecular formula is C14H18N2O2. The fourth-order valence-electron chi connectivity index (χ4n) is 1.37. The Morgan fingerprint density at radius 2 is 2.06 bits per heavy atom. The topological polar surface area (TPSA) is 49.4 Å². The molecule has 0 aliphatic carbocycles. The van der Waals surface area contributed by atoms with Crippen LogP contribution in [0.2, 0.25) is 0 Å². The maximum absolute atomic E-state index is 11.8. The van der Waals surface area contributed by atoms with E-state index in [0.717, 1.165) is 5.56 Å². The number of amides is 1. The summed E-state index contributed by atoms with van der Waals surface area (Å²) in [6.07, 6.45) is 3.24. The van der Waals surface area contributed by atoms with Crippen LogP contribution in [-0.2, 0) is 11.3 Å². The molecule has 0 bridgehead atoms. The van der Waals surface area contributed by atoms with Gasteiger partial charge in [0.25, 0.3) is 0 Å². The van der Waals surface area contributed by atoms with Crippen molar-refractivity contribution in [3.63, 3.8) is 0 Å². The minimum atomic E-state index is -0.0840. The first-order valence-electron chi connectivity index (χ1n) is 5.71. The van der Waals surface area contributed by atoms with Crippen molar-refractivity contribution in [3.05, 3.63) is 47.7 Å². The second kappa shape index (κ2) is 6.59. The third-order valence-electron chi connectivity index (χ3n) is 2.28. The minimum absolute atomic E-state index is 0.0478. The minimum Gasteiger partial charge on any atom is -0.383 e. The predicted molar refractivity (Wildman–Crippen MR) is 71.1 cm³/mol. The fourth-order valence-corrected chi connectivity index (χ4v) is 1.37. The van der Waals surface area contributed by atoms with Gasteiger partial charge in [0.1, 0.15) is 0 Å². The van der Waals surface area contributed by atoms with Gasteiger partial charge in [-0.25, -0.2) is 0 Å². The molecule has 18 heavy (non-hydrogen) atoms. The van der Waals surface area contributed by atoms with Gasteiger partial charge in [0.05, 0.1) is 0 Å². The Morgan fingerprint density at radius 3 is 2.67 bits per heavy atom. The molecule has 0 aromatic heterocycles. The van der Waals surface area contributed by atoms with Gasteiger partial charge < -0.3 is 10.2 Å². The highest BCUT2D eigenvalue weighted by Gasteiger charge is 2.03. The van der Waals surface area contributed by atoms with Gasteiger partial charge in [0.2, 0.25) is 5.91 Å². The lowest BCUT2D eigenvalue weighted by Crippen LogP contribution is -2.19. The molecule has 0 spiro atoms. The number of ketones is 1. The van der Waals surface area contributed by atoms with E-state index >= 15 is 0 Å². The average molecular weight is 246 g/mol. The van der Waals surface area contributed by atoms with E-state index in [9.17, 15) is 9.59 Å².